The molecule has 2 aromatic rings. The molecule has 2 aromatic heterocycles. The molecule has 1 N–H and O–H groups in total. The molecule has 2 fully saturated rings. The molecule has 0 bridgehead atoms. The highest BCUT2D eigenvalue weighted by Crippen LogP contribution is 2.47. The summed E-state index contributed by atoms with van der Waals surface area (Å²) in [6.45, 7) is 5.74. The lowest BCUT2D eigenvalue weighted by Gasteiger charge is -2.38. The molecule has 6 nitrogen and oxygen atoms in total. The van der Waals surface area contributed by atoms with Crippen LogP contribution in [0, 0.1) is 0 Å². The summed E-state index contributed by atoms with van der Waals surface area (Å²) < 4.78 is 12.0. The summed E-state index contributed by atoms with van der Waals surface area (Å²) in [4.78, 5) is 14.1. The van der Waals surface area contributed by atoms with E-state index in [1.807, 2.05) is 6.92 Å². The van der Waals surface area contributed by atoms with E-state index in [-0.39, 0.29) is 12.2 Å². The second kappa shape index (κ2) is 8.46. The standard InChI is InChI=1S/C22H31N3O3S/c1-14(26)12-15-2-7-18-19(15)20-21(23-13-24-22(20)29-18)28-17-5-3-16(4-6-17)25-8-10-27-11-9-25/h13-17,26H,2-12H2,1H3/t14-,15+,16?,17?/m0/s1. The summed E-state index contributed by atoms with van der Waals surface area (Å²) in [7, 11) is 0. The van der Waals surface area contributed by atoms with Crippen LogP contribution < -0.4 is 4.74 Å². The number of aromatic nitrogens is 2. The number of aryl methyl sites for hydroxylation is 1. The third kappa shape index (κ3) is 4.02. The Kier molecular flexibility index (Phi) is 5.74. The fourth-order valence-corrected chi connectivity index (χ4v) is 6.64. The molecule has 0 unspecified atom stereocenters. The summed E-state index contributed by atoms with van der Waals surface area (Å²) in [5.41, 5.74) is 1.35. The maximum Gasteiger partial charge on any atom is 0.225 e. The van der Waals surface area contributed by atoms with E-state index >= 15 is 0 Å². The molecule has 0 spiro atoms. The largest absolute Gasteiger partial charge is 0.474 e. The first-order valence-electron chi connectivity index (χ1n) is 11.1. The Morgan fingerprint density at radius 1 is 1.21 bits per heavy atom. The molecule has 1 saturated heterocycles. The van der Waals surface area contributed by atoms with Gasteiger partial charge in [-0.3, -0.25) is 4.90 Å². The van der Waals surface area contributed by atoms with Crippen molar-refractivity contribution in [2.75, 3.05) is 26.3 Å². The molecule has 1 aliphatic heterocycles. The second-order valence-corrected chi connectivity index (χ2v) is 9.90. The number of morpholine rings is 1. The third-order valence-electron chi connectivity index (χ3n) is 6.81. The maximum absolute atomic E-state index is 9.94. The van der Waals surface area contributed by atoms with Crippen LogP contribution in [0.2, 0.25) is 0 Å². The van der Waals surface area contributed by atoms with Crippen molar-refractivity contribution in [3.63, 3.8) is 0 Å². The van der Waals surface area contributed by atoms with Crippen molar-refractivity contribution >= 4 is 21.6 Å². The first-order chi connectivity index (χ1) is 14.2. The highest BCUT2D eigenvalue weighted by Gasteiger charge is 2.32. The van der Waals surface area contributed by atoms with Crippen molar-refractivity contribution in [2.24, 2.45) is 0 Å². The van der Waals surface area contributed by atoms with Crippen molar-refractivity contribution < 1.29 is 14.6 Å². The zero-order chi connectivity index (χ0) is 19.8. The molecule has 7 heteroatoms. The molecular weight excluding hydrogens is 386 g/mol. The van der Waals surface area contributed by atoms with E-state index < -0.39 is 0 Å². The van der Waals surface area contributed by atoms with E-state index in [1.54, 1.807) is 17.7 Å². The Morgan fingerprint density at radius 3 is 2.76 bits per heavy atom. The van der Waals surface area contributed by atoms with E-state index in [0.29, 0.717) is 12.0 Å². The summed E-state index contributed by atoms with van der Waals surface area (Å²) in [6.07, 6.45) is 9.12. The molecule has 5 rings (SSSR count). The zero-order valence-corrected chi connectivity index (χ0v) is 18.0. The average Bonchev–Trinajstić information content (AvgIpc) is 3.29. The van der Waals surface area contributed by atoms with E-state index in [0.717, 1.165) is 74.5 Å². The number of hydrogen-bond acceptors (Lipinski definition) is 7. The van der Waals surface area contributed by atoms with Crippen LogP contribution in [-0.2, 0) is 11.2 Å². The number of fused-ring (bicyclic) bond motifs is 3. The van der Waals surface area contributed by atoms with Crippen molar-refractivity contribution in [2.45, 2.75) is 76.0 Å². The fourth-order valence-electron chi connectivity index (χ4n) is 5.41. The Labute approximate surface area is 176 Å². The fraction of sp³-hybridized carbons (Fsp3) is 0.727. The number of nitrogens with zero attached hydrogens (tertiary/aromatic N) is 3. The van der Waals surface area contributed by atoms with Gasteiger partial charge in [-0.15, -0.1) is 11.3 Å². The lowest BCUT2D eigenvalue weighted by molar-refractivity contribution is -0.00126. The summed E-state index contributed by atoms with van der Waals surface area (Å²) >= 11 is 1.78. The van der Waals surface area contributed by atoms with Crippen LogP contribution in [0.1, 0.15) is 61.8 Å². The molecule has 3 heterocycles. The number of ether oxygens (including phenoxy) is 2. The molecule has 0 amide bonds. The molecule has 2 atom stereocenters. The lowest BCUT2D eigenvalue weighted by atomic mass is 9.91. The van der Waals surface area contributed by atoms with E-state index in [4.69, 9.17) is 9.47 Å². The third-order valence-corrected chi connectivity index (χ3v) is 7.98. The Hall–Kier alpha value is -1.28. The van der Waals surface area contributed by atoms with Gasteiger partial charge in [-0.1, -0.05) is 0 Å². The van der Waals surface area contributed by atoms with Gasteiger partial charge in [0.15, 0.2) is 0 Å². The van der Waals surface area contributed by atoms with Gasteiger partial charge in [0.05, 0.1) is 24.7 Å². The van der Waals surface area contributed by atoms with Gasteiger partial charge < -0.3 is 14.6 Å². The number of aliphatic hydroxyl groups is 1. The minimum Gasteiger partial charge on any atom is -0.474 e. The molecule has 158 valence electrons. The van der Waals surface area contributed by atoms with Gasteiger partial charge in [0.2, 0.25) is 5.88 Å². The van der Waals surface area contributed by atoms with Gasteiger partial charge in [0, 0.05) is 24.0 Å². The lowest BCUT2D eigenvalue weighted by Crippen LogP contribution is -2.46. The predicted molar refractivity (Wildman–Crippen MR) is 114 cm³/mol. The van der Waals surface area contributed by atoms with E-state index in [2.05, 4.69) is 14.9 Å². The van der Waals surface area contributed by atoms with Crippen LogP contribution in [0.4, 0.5) is 0 Å². The van der Waals surface area contributed by atoms with Gasteiger partial charge in [0.25, 0.3) is 0 Å². The van der Waals surface area contributed by atoms with Crippen LogP contribution >= 0.6 is 11.3 Å². The van der Waals surface area contributed by atoms with Crippen molar-refractivity contribution in [3.05, 3.63) is 16.8 Å². The van der Waals surface area contributed by atoms with Crippen LogP contribution in [0.15, 0.2) is 6.33 Å². The van der Waals surface area contributed by atoms with Crippen LogP contribution in [0.3, 0.4) is 0 Å². The predicted octanol–water partition coefficient (Wildman–Crippen LogP) is 3.51. The Bertz CT molecular complexity index is 841. The maximum atomic E-state index is 9.94. The van der Waals surface area contributed by atoms with Gasteiger partial charge in [-0.2, -0.15) is 0 Å². The highest BCUT2D eigenvalue weighted by molar-refractivity contribution is 7.19. The molecule has 1 saturated carbocycles. The molecular formula is C22H31N3O3S. The Balaban J connectivity index is 1.31. The Morgan fingerprint density at radius 2 is 2.00 bits per heavy atom. The first kappa shape index (κ1) is 19.7. The highest BCUT2D eigenvalue weighted by atomic mass is 32.1. The van der Waals surface area contributed by atoms with Crippen LogP contribution in [0.5, 0.6) is 5.88 Å². The second-order valence-electron chi connectivity index (χ2n) is 8.81. The number of aliphatic hydroxyl groups excluding tert-OH is 1. The van der Waals surface area contributed by atoms with Gasteiger partial charge in [0.1, 0.15) is 17.3 Å². The topological polar surface area (TPSA) is 67.7 Å². The molecule has 0 radical (unpaired) electrons. The SMILES string of the molecule is C[C@H](O)C[C@H]1CCc2sc3ncnc(OC4CCC(N5CCOCC5)CC4)c3c21. The summed E-state index contributed by atoms with van der Waals surface area (Å²) in [5.74, 6) is 1.16. The molecule has 2 aliphatic carbocycles. The van der Waals surface area contributed by atoms with Crippen LogP contribution in [-0.4, -0.2) is 64.5 Å². The summed E-state index contributed by atoms with van der Waals surface area (Å²) in [5, 5.41) is 11.1. The molecule has 3 aliphatic rings. The van der Waals surface area contributed by atoms with E-state index in [1.165, 1.54) is 23.3 Å². The molecule has 0 aromatic carbocycles. The number of rotatable bonds is 5. The molecule has 29 heavy (non-hydrogen) atoms. The van der Waals surface area contributed by atoms with E-state index in [9.17, 15) is 5.11 Å². The van der Waals surface area contributed by atoms with Crippen molar-refractivity contribution in [3.8, 4) is 5.88 Å². The smallest absolute Gasteiger partial charge is 0.225 e. The quantitative estimate of drug-likeness (QED) is 0.803. The monoisotopic (exact) mass is 417 g/mol. The minimum atomic E-state index is -0.287. The number of thiophene rings is 1. The zero-order valence-electron chi connectivity index (χ0n) is 17.2. The number of hydrogen-bond donors (Lipinski definition) is 1. The van der Waals surface area contributed by atoms with Gasteiger partial charge in [-0.25, -0.2) is 9.97 Å². The van der Waals surface area contributed by atoms with Gasteiger partial charge >= 0.3 is 0 Å². The first-order valence-corrected chi connectivity index (χ1v) is 11.9. The van der Waals surface area contributed by atoms with Crippen LogP contribution in [0.25, 0.3) is 10.2 Å². The average molecular weight is 418 g/mol. The minimum absolute atomic E-state index is 0.234. The van der Waals surface area contributed by atoms with Gasteiger partial charge in [-0.05, 0) is 63.4 Å². The summed E-state index contributed by atoms with van der Waals surface area (Å²) in [6, 6.07) is 0.671. The van der Waals surface area contributed by atoms with Crippen molar-refractivity contribution in [1.82, 2.24) is 14.9 Å². The normalized spacial score (nSPS) is 29.1. The van der Waals surface area contributed by atoms with Crippen molar-refractivity contribution in [1.29, 1.82) is 0 Å².